The number of nitrogens with zero attached hydrogens (tertiary/aromatic N) is 2. The summed E-state index contributed by atoms with van der Waals surface area (Å²) in [6.45, 7) is 0.341. The maximum Gasteiger partial charge on any atom is 0.347 e. The predicted molar refractivity (Wildman–Crippen MR) is 88.8 cm³/mol. The van der Waals surface area contributed by atoms with Gasteiger partial charge >= 0.3 is 5.69 Å². The summed E-state index contributed by atoms with van der Waals surface area (Å²) in [4.78, 5) is 11.9. The van der Waals surface area contributed by atoms with Crippen LogP contribution >= 0.6 is 0 Å². The highest BCUT2D eigenvalue weighted by atomic mass is 19.2. The van der Waals surface area contributed by atoms with E-state index in [0.29, 0.717) is 28.4 Å². The molecule has 24 heavy (non-hydrogen) atoms. The highest BCUT2D eigenvalue weighted by Crippen LogP contribution is 2.29. The molecule has 3 N–H and O–H groups in total. The van der Waals surface area contributed by atoms with Crippen LogP contribution in [0.5, 0.6) is 0 Å². The van der Waals surface area contributed by atoms with E-state index >= 15 is 0 Å². The van der Waals surface area contributed by atoms with Crippen LogP contribution in [-0.4, -0.2) is 21.1 Å². The normalized spacial score (nSPS) is 12.1. The lowest BCUT2D eigenvalue weighted by Crippen LogP contribution is -2.09. The second-order valence-electron chi connectivity index (χ2n) is 5.46. The number of halogens is 2. The average Bonchev–Trinajstić information content (AvgIpc) is 2.93. The van der Waals surface area contributed by atoms with Crippen molar-refractivity contribution in [3.63, 3.8) is 0 Å². The maximum absolute atomic E-state index is 13.5. The van der Waals surface area contributed by atoms with E-state index in [2.05, 4.69) is 10.2 Å². The van der Waals surface area contributed by atoms with E-state index < -0.39 is 11.6 Å². The van der Waals surface area contributed by atoms with Crippen LogP contribution in [0.25, 0.3) is 33.3 Å². The first-order valence-electron chi connectivity index (χ1n) is 7.27. The molecule has 2 heterocycles. The van der Waals surface area contributed by atoms with E-state index in [1.165, 1.54) is 4.40 Å². The molecule has 0 radical (unpaired) electrons. The van der Waals surface area contributed by atoms with E-state index in [1.807, 2.05) is 0 Å². The number of nitrogens with two attached hydrogens (primary N) is 1. The molecule has 0 amide bonds. The summed E-state index contributed by atoms with van der Waals surface area (Å²) < 4.78 is 28.5. The zero-order chi connectivity index (χ0) is 16.8. The lowest BCUT2D eigenvalue weighted by atomic mass is 10.0. The minimum Gasteiger partial charge on any atom is -0.327 e. The largest absolute Gasteiger partial charge is 0.347 e. The Balaban J connectivity index is 2.21. The Labute approximate surface area is 134 Å². The van der Waals surface area contributed by atoms with Crippen molar-refractivity contribution in [2.75, 3.05) is 6.54 Å². The first-order valence-corrected chi connectivity index (χ1v) is 7.27. The molecule has 4 aromatic rings. The number of hydrogen-bond acceptors (Lipinski definition) is 3. The summed E-state index contributed by atoms with van der Waals surface area (Å²) in [5, 5.41) is 8.93. The second-order valence-corrected chi connectivity index (χ2v) is 5.46. The number of benzene rings is 2. The molecule has 0 atom stereocenters. The maximum atomic E-state index is 13.5. The molecule has 0 saturated carbocycles. The Kier molecular flexibility index (Phi) is 3.17. The highest BCUT2D eigenvalue weighted by molar-refractivity contribution is 6.06. The van der Waals surface area contributed by atoms with Gasteiger partial charge in [0.05, 0.1) is 0 Å². The van der Waals surface area contributed by atoms with Crippen molar-refractivity contribution in [2.24, 2.45) is 5.73 Å². The van der Waals surface area contributed by atoms with Gasteiger partial charge in [-0.25, -0.2) is 23.1 Å². The quantitative estimate of drug-likeness (QED) is 0.556. The molecule has 0 spiro atoms. The van der Waals surface area contributed by atoms with Crippen LogP contribution in [0.3, 0.4) is 0 Å². The van der Waals surface area contributed by atoms with Crippen molar-refractivity contribution in [1.29, 1.82) is 0 Å². The van der Waals surface area contributed by atoms with Crippen LogP contribution in [0.4, 0.5) is 8.78 Å². The highest BCUT2D eigenvalue weighted by Gasteiger charge is 2.12. The van der Waals surface area contributed by atoms with Crippen molar-refractivity contribution in [2.45, 2.75) is 0 Å². The van der Waals surface area contributed by atoms with Gasteiger partial charge in [-0.05, 0) is 46.0 Å². The molecule has 0 aliphatic heterocycles. The number of aromatic amines is 1. The van der Waals surface area contributed by atoms with E-state index in [9.17, 15) is 13.6 Å². The Morgan fingerprint density at radius 3 is 2.46 bits per heavy atom. The lowest BCUT2D eigenvalue weighted by molar-refractivity contribution is 0.511. The fourth-order valence-electron chi connectivity index (χ4n) is 2.87. The molecular weight excluding hydrogens is 314 g/mol. The Hall–Kier alpha value is -3.06. The van der Waals surface area contributed by atoms with Gasteiger partial charge in [0, 0.05) is 18.1 Å². The average molecular weight is 326 g/mol. The van der Waals surface area contributed by atoms with Crippen LogP contribution < -0.4 is 11.4 Å². The van der Waals surface area contributed by atoms with Crippen LogP contribution in [0.2, 0.25) is 0 Å². The molecule has 7 heteroatoms. The van der Waals surface area contributed by atoms with Gasteiger partial charge < -0.3 is 5.73 Å². The van der Waals surface area contributed by atoms with Crippen LogP contribution in [0.15, 0.2) is 41.3 Å². The van der Waals surface area contributed by atoms with Gasteiger partial charge in [-0.3, -0.25) is 0 Å². The van der Waals surface area contributed by atoms with Gasteiger partial charge in [0.1, 0.15) is 0 Å². The van der Waals surface area contributed by atoms with E-state index in [1.54, 1.807) is 30.5 Å². The summed E-state index contributed by atoms with van der Waals surface area (Å²) in [6.07, 6.45) is 5.18. The number of rotatable bonds is 2. The van der Waals surface area contributed by atoms with Crippen molar-refractivity contribution < 1.29 is 8.78 Å². The number of aromatic nitrogens is 3. The fraction of sp³-hybridized carbons (Fsp3) is 0.0588. The Morgan fingerprint density at radius 2 is 1.79 bits per heavy atom. The third-order valence-electron chi connectivity index (χ3n) is 3.97. The minimum absolute atomic E-state index is 0.341. The third kappa shape index (κ3) is 2.10. The fourth-order valence-corrected chi connectivity index (χ4v) is 2.87. The van der Waals surface area contributed by atoms with Gasteiger partial charge in [0.2, 0.25) is 0 Å². The predicted octanol–water partition coefficient (Wildman–Crippen LogP) is 2.58. The van der Waals surface area contributed by atoms with Gasteiger partial charge in [0.25, 0.3) is 0 Å². The van der Waals surface area contributed by atoms with Gasteiger partial charge in [-0.15, -0.1) is 0 Å². The summed E-state index contributed by atoms with van der Waals surface area (Å²) in [5.74, 6) is -1.82. The monoisotopic (exact) mass is 326 g/mol. The van der Waals surface area contributed by atoms with Crippen molar-refractivity contribution in [3.05, 3.63) is 64.2 Å². The van der Waals surface area contributed by atoms with Gasteiger partial charge in [-0.1, -0.05) is 12.2 Å². The molecule has 2 aromatic carbocycles. The molecule has 4 rings (SSSR count). The summed E-state index contributed by atoms with van der Waals surface area (Å²) in [7, 11) is 0. The third-order valence-corrected chi connectivity index (χ3v) is 3.97. The first kappa shape index (κ1) is 14.5. The molecule has 5 nitrogen and oxygen atoms in total. The molecule has 0 aliphatic carbocycles. The molecule has 0 bridgehead atoms. The molecule has 0 fully saturated rings. The van der Waals surface area contributed by atoms with E-state index in [4.69, 9.17) is 5.73 Å². The zero-order valence-electron chi connectivity index (χ0n) is 12.4. The summed E-state index contributed by atoms with van der Waals surface area (Å²) in [6, 6.07) is 5.74. The molecule has 0 aliphatic rings. The zero-order valence-corrected chi connectivity index (χ0v) is 12.4. The minimum atomic E-state index is -0.920. The van der Waals surface area contributed by atoms with E-state index in [0.717, 1.165) is 23.1 Å². The number of hydrogen-bond donors (Lipinski definition) is 2. The second kappa shape index (κ2) is 5.24. The standard InChI is InChI=1S/C17H12F2N4O/c18-14-6-10-4-12-9(2-1-3-20)8-23-16(21-22-17(23)24)13(12)5-11(10)7-15(14)19/h1-2,4-8H,3,20H2,(H,22,24). The Bertz CT molecular complexity index is 1190. The molecule has 0 saturated heterocycles. The smallest absolute Gasteiger partial charge is 0.327 e. The van der Waals surface area contributed by atoms with Crippen molar-refractivity contribution >= 4 is 33.3 Å². The molecular formula is C17H12F2N4O. The number of H-pyrrole nitrogens is 1. The molecule has 0 unspecified atom stereocenters. The number of nitrogens with one attached hydrogen (secondary N) is 1. The molecule has 120 valence electrons. The lowest BCUT2D eigenvalue weighted by Gasteiger charge is -2.08. The van der Waals surface area contributed by atoms with Gasteiger partial charge in [-0.2, -0.15) is 5.10 Å². The first-order chi connectivity index (χ1) is 11.6. The van der Waals surface area contributed by atoms with Crippen LogP contribution in [-0.2, 0) is 0 Å². The molecule has 2 aromatic heterocycles. The van der Waals surface area contributed by atoms with Crippen LogP contribution in [0.1, 0.15) is 5.56 Å². The van der Waals surface area contributed by atoms with Crippen molar-refractivity contribution in [3.8, 4) is 0 Å². The number of fused-ring (bicyclic) bond motifs is 4. The van der Waals surface area contributed by atoms with E-state index in [-0.39, 0.29) is 5.69 Å². The summed E-state index contributed by atoms with van der Waals surface area (Å²) >= 11 is 0. The number of pyridine rings is 1. The SMILES string of the molecule is NCC=Cc1cn2c(=O)[nH]nc2c2cc3cc(F)c(F)cc3cc12. The topological polar surface area (TPSA) is 76.2 Å². The van der Waals surface area contributed by atoms with Crippen LogP contribution in [0, 0.1) is 11.6 Å². The summed E-state index contributed by atoms with van der Waals surface area (Å²) in [5.41, 5.74) is 6.29. The van der Waals surface area contributed by atoms with Crippen molar-refractivity contribution in [1.82, 2.24) is 14.6 Å². The Morgan fingerprint density at radius 1 is 1.12 bits per heavy atom. The van der Waals surface area contributed by atoms with Gasteiger partial charge in [0.15, 0.2) is 17.3 Å².